The molecule has 24 nitrogen and oxygen atoms in total. The van der Waals surface area contributed by atoms with Gasteiger partial charge in [0.15, 0.2) is 20.0 Å². The Kier molecular flexibility index (Phi) is 22.6. The van der Waals surface area contributed by atoms with Crippen molar-refractivity contribution < 1.29 is 19.3 Å². The van der Waals surface area contributed by atoms with Crippen LogP contribution in [0, 0.1) is 29.0 Å². The molecular formula is C81H96Cl2FN21O3S4. The maximum absolute atomic E-state index is 14.7. The van der Waals surface area contributed by atoms with E-state index in [1.54, 1.807) is 71.5 Å². The van der Waals surface area contributed by atoms with E-state index in [0.717, 1.165) is 150 Å². The summed E-state index contributed by atoms with van der Waals surface area (Å²) in [5, 5.41) is 92.8. The van der Waals surface area contributed by atoms with E-state index in [4.69, 9.17) is 27.9 Å². The number of anilines is 3. The first-order valence-corrected chi connectivity index (χ1v) is 42.3. The molecule has 31 heteroatoms. The fourth-order valence-corrected chi connectivity index (χ4v) is 22.5. The number of nitrogens with one attached hydrogen (secondary N) is 4. The van der Waals surface area contributed by atoms with Crippen LogP contribution in [0.25, 0.3) is 81.4 Å². The number of rotatable bonds is 15. The Labute approximate surface area is 678 Å². The van der Waals surface area contributed by atoms with Crippen molar-refractivity contribution in [2.75, 3.05) is 55.0 Å². The Morgan fingerprint density at radius 2 is 1.18 bits per heavy atom. The number of phenolic OH excluding ortho intramolecular Hbond substituents is 2. The highest BCUT2D eigenvalue weighted by atomic mass is 35.5. The summed E-state index contributed by atoms with van der Waals surface area (Å²) >= 11 is 19.3. The normalized spacial score (nSPS) is 19.4. The summed E-state index contributed by atoms with van der Waals surface area (Å²) in [5.74, 6) is 2.47. The molecule has 6 fully saturated rings. The van der Waals surface area contributed by atoms with Gasteiger partial charge >= 0.3 is 0 Å². The molecule has 6 aliphatic rings. The lowest BCUT2D eigenvalue weighted by atomic mass is 9.69. The number of aryl methyl sites for hydroxylation is 1. The van der Waals surface area contributed by atoms with Gasteiger partial charge in [0.1, 0.15) is 28.1 Å². The summed E-state index contributed by atoms with van der Waals surface area (Å²) in [4.78, 5) is 6.84. The molecule has 112 heavy (non-hydrogen) atoms. The Morgan fingerprint density at radius 3 is 1.79 bits per heavy atom. The van der Waals surface area contributed by atoms with Crippen LogP contribution in [-0.2, 0) is 13.5 Å². The van der Waals surface area contributed by atoms with Crippen LogP contribution in [0.1, 0.15) is 137 Å². The lowest BCUT2D eigenvalue weighted by molar-refractivity contribution is 0.128. The molecule has 4 aromatic carbocycles. The molecule has 2 saturated carbocycles. The largest absolute Gasteiger partial charge is 0.507 e. The van der Waals surface area contributed by atoms with Gasteiger partial charge in [-0.25, -0.2) is 9.07 Å². The summed E-state index contributed by atoms with van der Waals surface area (Å²) in [6.45, 7) is 22.4. The first-order valence-electron chi connectivity index (χ1n) is 38.3. The standard InChI is InChI=1S/C22H29N5OS.C21H26Cl2N6S.C20H23N5OS.C18H18FN5OS/c1-21(2)13-15(14-22(3,4)26-21)11-19-24-25-20(29-19)17-8-7-16(12-18(17)28-5)27-10-6-9-23-27;1-20(2)8-14(9-21(3,4)28-20)29(5)19-27-26-18(30-19)17-15(22)6-12(7-16(17)23)13-10-24-25-11-13;1-24-11-15(10-21-24)14-5-6-16(17(26)9-14)18-22-23-19(27-18)25-12-20(13-25)7-3-2-4-8-20;19-14-4-12(13-6-20-21-7-13)5-15(25)16(14)17-22-23-18(26-17)24-8-10-2-1-3-11(10)9-24/h6-10,12,15,26H,11,13-14H2,1-5H3;6-7,10-11,14,28H,8-9H2,1-5H3,(H,24,25);5-6,9-11,26H,2-4,7-8,12-13H2,1H3;4-7,10-11,25H,1-3,8-9H2,(H,20,21)/t;;;10-,11+. The molecule has 12 aromatic rings. The van der Waals surface area contributed by atoms with E-state index >= 15 is 0 Å². The van der Waals surface area contributed by atoms with Crippen molar-refractivity contribution in [3.63, 3.8) is 0 Å². The minimum atomic E-state index is -0.512. The molecule has 0 bridgehead atoms. The van der Waals surface area contributed by atoms with Crippen molar-refractivity contribution in [3.8, 4) is 98.6 Å². The second-order valence-corrected chi connectivity index (χ2v) is 38.2. The summed E-state index contributed by atoms with van der Waals surface area (Å²) < 4.78 is 23.9. The molecule has 1 spiro atoms. The average Bonchev–Trinajstić information content (AvgIpc) is 1.53. The van der Waals surface area contributed by atoms with E-state index in [0.29, 0.717) is 49.1 Å². The van der Waals surface area contributed by atoms with Crippen molar-refractivity contribution in [2.24, 2.45) is 30.2 Å². The van der Waals surface area contributed by atoms with Crippen LogP contribution < -0.4 is 30.1 Å². The van der Waals surface area contributed by atoms with Crippen LogP contribution in [0.4, 0.5) is 19.8 Å². The molecule has 588 valence electrons. The Hall–Kier alpha value is -8.81. The number of piperidine rings is 2. The van der Waals surface area contributed by atoms with Gasteiger partial charge in [0.25, 0.3) is 0 Å². The number of ether oxygens (including phenoxy) is 1. The number of aromatic nitrogens is 16. The third-order valence-electron chi connectivity index (χ3n) is 22.4. The molecule has 2 aliphatic carbocycles. The minimum absolute atomic E-state index is 0.0593. The predicted octanol–water partition coefficient (Wildman–Crippen LogP) is 17.9. The number of aromatic hydroxyl groups is 2. The van der Waals surface area contributed by atoms with E-state index in [1.807, 2.05) is 78.9 Å². The third kappa shape index (κ3) is 17.8. The van der Waals surface area contributed by atoms with Crippen LogP contribution in [0.15, 0.2) is 116 Å². The second kappa shape index (κ2) is 32.2. The Bertz CT molecular complexity index is 5120. The molecule has 4 aliphatic heterocycles. The predicted molar refractivity (Wildman–Crippen MR) is 447 cm³/mol. The van der Waals surface area contributed by atoms with Gasteiger partial charge < -0.3 is 40.3 Å². The summed E-state index contributed by atoms with van der Waals surface area (Å²) in [6, 6.07) is 20.7. The smallest absolute Gasteiger partial charge is 0.208 e. The Morgan fingerprint density at radius 1 is 0.589 bits per heavy atom. The van der Waals surface area contributed by atoms with E-state index < -0.39 is 5.82 Å². The van der Waals surface area contributed by atoms with Gasteiger partial charge in [-0.3, -0.25) is 14.9 Å². The topological polar surface area (TPSA) is 280 Å². The van der Waals surface area contributed by atoms with Crippen molar-refractivity contribution in [1.29, 1.82) is 0 Å². The highest BCUT2D eigenvalue weighted by molar-refractivity contribution is 7.19. The molecule has 0 radical (unpaired) electrons. The van der Waals surface area contributed by atoms with Gasteiger partial charge in [-0.2, -0.15) is 20.4 Å². The van der Waals surface area contributed by atoms with Crippen molar-refractivity contribution in [3.05, 3.63) is 137 Å². The number of phenols is 2. The molecule has 4 saturated heterocycles. The van der Waals surface area contributed by atoms with Crippen molar-refractivity contribution in [1.82, 2.24) is 91.4 Å². The number of methoxy groups -OCH3 is 1. The maximum Gasteiger partial charge on any atom is 0.208 e. The van der Waals surface area contributed by atoms with Gasteiger partial charge in [-0.1, -0.05) is 100 Å². The summed E-state index contributed by atoms with van der Waals surface area (Å²) in [6.07, 6.45) is 30.3. The zero-order chi connectivity index (χ0) is 78.4. The fourth-order valence-electron chi connectivity index (χ4n) is 17.9. The zero-order valence-corrected chi connectivity index (χ0v) is 69.7. The lowest BCUT2D eigenvalue weighted by Gasteiger charge is -2.52. The van der Waals surface area contributed by atoms with Crippen molar-refractivity contribution >= 4 is 83.9 Å². The highest BCUT2D eigenvalue weighted by Crippen LogP contribution is 2.50. The molecule has 18 rings (SSSR count). The van der Waals surface area contributed by atoms with Gasteiger partial charge in [-0.05, 0) is 196 Å². The van der Waals surface area contributed by atoms with Gasteiger partial charge in [-0.15, -0.1) is 40.8 Å². The third-order valence-corrected chi connectivity index (χ3v) is 27.0. The molecule has 0 amide bonds. The second-order valence-electron chi connectivity index (χ2n) is 33.5. The van der Waals surface area contributed by atoms with Crippen LogP contribution in [0.2, 0.25) is 10.0 Å². The molecular weight excluding hydrogens is 1530 g/mol. The average molecular weight is 1630 g/mol. The van der Waals surface area contributed by atoms with Crippen LogP contribution >= 0.6 is 68.5 Å². The van der Waals surface area contributed by atoms with E-state index in [-0.39, 0.29) is 39.2 Å². The molecule has 12 heterocycles. The number of aromatic amines is 2. The van der Waals surface area contributed by atoms with Crippen LogP contribution in [0.5, 0.6) is 17.2 Å². The quantitative estimate of drug-likeness (QED) is 0.0556. The maximum atomic E-state index is 14.7. The zero-order valence-electron chi connectivity index (χ0n) is 65.0. The summed E-state index contributed by atoms with van der Waals surface area (Å²) in [5.41, 5.74) is 9.46. The molecule has 6 N–H and O–H groups in total. The SMILES string of the molecule is CN(c1nnc(-c2c(Cl)cc(-c3cn[nH]c3)cc2Cl)s1)C1CC(C)(C)NC(C)(C)C1.COc1cc(-n2cccn2)ccc1-c1nnc(CC2CC(C)(C)NC(C)(C)C2)s1.Cn1cc(-c2ccc(-c3nnc(N4CC5(CCCCC5)C4)s3)c(O)c2)cn1.Oc1cc(-c2cn[nH]c2)cc(F)c1-c1nnc(N2C[C@H]3CCC[C@H]3C2)s1. The van der Waals surface area contributed by atoms with E-state index in [2.05, 4.69) is 159 Å². The fraction of sp³-hybridized carbons (Fsp3) is 0.457. The Balaban J connectivity index is 0.000000118. The minimum Gasteiger partial charge on any atom is -0.507 e. The van der Waals surface area contributed by atoms with E-state index in [1.165, 1.54) is 86.2 Å². The number of hydrogen-bond acceptors (Lipinski definition) is 24. The van der Waals surface area contributed by atoms with Crippen molar-refractivity contribution in [2.45, 2.75) is 167 Å². The number of nitrogens with zero attached hydrogens (tertiary/aromatic N) is 17. The highest BCUT2D eigenvalue weighted by Gasteiger charge is 2.46. The molecule has 0 unspecified atom stereocenters. The first-order chi connectivity index (χ1) is 53.6. The summed E-state index contributed by atoms with van der Waals surface area (Å²) in [7, 11) is 5.66. The van der Waals surface area contributed by atoms with Gasteiger partial charge in [0.05, 0.1) is 58.1 Å². The molecule has 8 aromatic heterocycles. The number of benzene rings is 4. The number of halogens is 3. The monoisotopic (exact) mass is 1630 g/mol. The first kappa shape index (κ1) is 78.5. The van der Waals surface area contributed by atoms with Crippen LogP contribution in [0.3, 0.4) is 0 Å². The van der Waals surface area contributed by atoms with Crippen LogP contribution in [-0.4, -0.2) is 159 Å². The number of hydrogen-bond donors (Lipinski definition) is 6. The number of H-pyrrole nitrogens is 2. The lowest BCUT2D eigenvalue weighted by Crippen LogP contribution is -2.61. The van der Waals surface area contributed by atoms with Gasteiger partial charge in [0.2, 0.25) is 15.4 Å². The number of fused-ring (bicyclic) bond motifs is 1. The van der Waals surface area contributed by atoms with E-state index in [9.17, 15) is 14.6 Å². The van der Waals surface area contributed by atoms with Gasteiger partial charge in [0, 0.05) is 140 Å². The molecule has 2 atom stereocenters.